The monoisotopic (exact) mass is 385 g/mol. The number of aryl methyl sites for hydroxylation is 1. The largest absolute Gasteiger partial charge is 0.338 e. The minimum atomic E-state index is 0.102. The maximum absolute atomic E-state index is 12.7. The Morgan fingerprint density at radius 1 is 1.30 bits per heavy atom. The summed E-state index contributed by atoms with van der Waals surface area (Å²) in [4.78, 5) is 19.6. The van der Waals surface area contributed by atoms with E-state index in [4.69, 9.17) is 0 Å². The number of nitrogens with zero attached hydrogens (tertiary/aromatic N) is 7. The predicted octanol–water partition coefficient (Wildman–Crippen LogP) is 2.33. The topological polar surface area (TPSA) is 81.7 Å². The number of rotatable bonds is 5. The zero-order valence-corrected chi connectivity index (χ0v) is 16.4. The van der Waals surface area contributed by atoms with Gasteiger partial charge in [-0.3, -0.25) is 9.48 Å². The molecule has 1 fully saturated rings. The van der Waals surface area contributed by atoms with E-state index in [2.05, 4.69) is 31.8 Å². The summed E-state index contributed by atoms with van der Waals surface area (Å²) in [6, 6.07) is 1.91. The van der Waals surface area contributed by atoms with E-state index in [0.717, 1.165) is 54.7 Å². The summed E-state index contributed by atoms with van der Waals surface area (Å²) in [6.07, 6.45) is 5.51. The van der Waals surface area contributed by atoms with Gasteiger partial charge >= 0.3 is 0 Å². The van der Waals surface area contributed by atoms with Crippen LogP contribution < -0.4 is 0 Å². The van der Waals surface area contributed by atoms with Gasteiger partial charge in [-0.1, -0.05) is 0 Å². The molecule has 1 aliphatic heterocycles. The van der Waals surface area contributed by atoms with Crippen LogP contribution in [0.5, 0.6) is 0 Å². The molecule has 0 radical (unpaired) electrons. The lowest BCUT2D eigenvalue weighted by atomic mass is 9.95. The molecule has 0 N–H and O–H groups in total. The second-order valence-corrected chi connectivity index (χ2v) is 7.61. The van der Waals surface area contributed by atoms with Gasteiger partial charge in [-0.25, -0.2) is 4.98 Å². The van der Waals surface area contributed by atoms with E-state index >= 15 is 0 Å². The van der Waals surface area contributed by atoms with Gasteiger partial charge in [-0.05, 0) is 32.8 Å². The second kappa shape index (κ2) is 7.59. The van der Waals surface area contributed by atoms with E-state index < -0.39 is 0 Å². The summed E-state index contributed by atoms with van der Waals surface area (Å²) in [5.74, 6) is 2.39. The highest BCUT2D eigenvalue weighted by atomic mass is 32.1. The normalized spacial score (nSPS) is 15.4. The molecule has 0 unspecified atom stereocenters. The third kappa shape index (κ3) is 3.51. The molecular weight excluding hydrogens is 362 g/mol. The molecule has 0 spiro atoms. The SMILES string of the molecule is CCn1c(Cn2cccn2)nnc1C1CCN(C(=O)c2scnc2C)CC1. The van der Waals surface area contributed by atoms with Crippen molar-refractivity contribution in [3.63, 3.8) is 0 Å². The van der Waals surface area contributed by atoms with Gasteiger partial charge in [0.2, 0.25) is 0 Å². The van der Waals surface area contributed by atoms with Crippen molar-refractivity contribution >= 4 is 17.2 Å². The van der Waals surface area contributed by atoms with Crippen molar-refractivity contribution in [3.05, 3.63) is 46.2 Å². The molecule has 0 saturated carbocycles. The fourth-order valence-corrected chi connectivity index (χ4v) is 4.41. The Labute approximate surface area is 161 Å². The molecule has 3 aromatic heterocycles. The van der Waals surface area contributed by atoms with E-state index in [0.29, 0.717) is 12.5 Å². The van der Waals surface area contributed by atoms with Crippen LogP contribution in [0.2, 0.25) is 0 Å². The first-order chi connectivity index (χ1) is 13.2. The molecule has 0 aromatic carbocycles. The third-order valence-electron chi connectivity index (χ3n) is 5.12. The maximum atomic E-state index is 12.7. The molecule has 142 valence electrons. The highest BCUT2D eigenvalue weighted by Gasteiger charge is 2.29. The van der Waals surface area contributed by atoms with Crippen LogP contribution in [-0.4, -0.2) is 53.4 Å². The molecule has 1 amide bonds. The van der Waals surface area contributed by atoms with Crippen molar-refractivity contribution in [3.8, 4) is 0 Å². The lowest BCUT2D eigenvalue weighted by molar-refractivity contribution is 0.0714. The highest BCUT2D eigenvalue weighted by Crippen LogP contribution is 2.29. The Kier molecular flexibility index (Phi) is 5.02. The molecule has 4 rings (SSSR count). The summed E-state index contributed by atoms with van der Waals surface area (Å²) < 4.78 is 4.05. The first-order valence-corrected chi connectivity index (χ1v) is 10.1. The summed E-state index contributed by atoms with van der Waals surface area (Å²) >= 11 is 1.42. The first-order valence-electron chi connectivity index (χ1n) is 9.26. The average Bonchev–Trinajstić information content (AvgIpc) is 3.43. The molecule has 9 heteroatoms. The van der Waals surface area contributed by atoms with Crippen LogP contribution in [0.15, 0.2) is 24.0 Å². The molecule has 0 aliphatic carbocycles. The summed E-state index contributed by atoms with van der Waals surface area (Å²) in [7, 11) is 0. The molecule has 4 heterocycles. The number of carbonyl (C=O) groups excluding carboxylic acids is 1. The maximum Gasteiger partial charge on any atom is 0.265 e. The Bertz CT molecular complexity index is 906. The van der Waals surface area contributed by atoms with E-state index in [9.17, 15) is 4.79 Å². The summed E-state index contributed by atoms with van der Waals surface area (Å²) in [5.41, 5.74) is 2.56. The van der Waals surface area contributed by atoms with E-state index in [1.54, 1.807) is 11.7 Å². The van der Waals surface area contributed by atoms with Crippen LogP contribution in [0, 0.1) is 6.92 Å². The van der Waals surface area contributed by atoms with Gasteiger partial charge < -0.3 is 9.47 Å². The number of thiazole rings is 1. The molecular formula is C18H23N7OS. The number of hydrogen-bond donors (Lipinski definition) is 0. The minimum absolute atomic E-state index is 0.102. The van der Waals surface area contributed by atoms with Crippen molar-refractivity contribution in [2.24, 2.45) is 0 Å². The zero-order valence-electron chi connectivity index (χ0n) is 15.6. The van der Waals surface area contributed by atoms with Crippen molar-refractivity contribution < 1.29 is 4.79 Å². The van der Waals surface area contributed by atoms with E-state index in [1.165, 1.54) is 11.3 Å². The van der Waals surface area contributed by atoms with Crippen molar-refractivity contribution in [2.45, 2.75) is 45.7 Å². The second-order valence-electron chi connectivity index (χ2n) is 6.76. The molecule has 1 saturated heterocycles. The summed E-state index contributed by atoms with van der Waals surface area (Å²) in [6.45, 7) is 6.94. The lowest BCUT2D eigenvalue weighted by Gasteiger charge is -2.31. The van der Waals surface area contributed by atoms with Gasteiger partial charge in [0, 0.05) is 37.9 Å². The number of amides is 1. The van der Waals surface area contributed by atoms with Crippen LogP contribution in [0.1, 0.15) is 52.7 Å². The van der Waals surface area contributed by atoms with Crippen LogP contribution in [0.25, 0.3) is 0 Å². The quantitative estimate of drug-likeness (QED) is 0.673. The smallest absolute Gasteiger partial charge is 0.265 e. The molecule has 0 atom stereocenters. The van der Waals surface area contributed by atoms with Gasteiger partial charge in [0.15, 0.2) is 5.82 Å². The van der Waals surface area contributed by atoms with Gasteiger partial charge in [0.25, 0.3) is 5.91 Å². The Hall–Kier alpha value is -2.55. The minimum Gasteiger partial charge on any atom is -0.338 e. The number of carbonyl (C=O) groups is 1. The van der Waals surface area contributed by atoms with Crippen LogP contribution in [0.3, 0.4) is 0 Å². The zero-order chi connectivity index (χ0) is 18.8. The lowest BCUT2D eigenvalue weighted by Crippen LogP contribution is -2.38. The van der Waals surface area contributed by atoms with Crippen LogP contribution >= 0.6 is 11.3 Å². The van der Waals surface area contributed by atoms with E-state index in [1.807, 2.05) is 28.8 Å². The molecule has 0 bridgehead atoms. The third-order valence-corrected chi connectivity index (χ3v) is 6.04. The first kappa shape index (κ1) is 17.8. The number of piperidine rings is 1. The van der Waals surface area contributed by atoms with Crippen molar-refractivity contribution in [1.29, 1.82) is 0 Å². The molecule has 1 aliphatic rings. The van der Waals surface area contributed by atoms with Gasteiger partial charge in [0.05, 0.1) is 11.2 Å². The van der Waals surface area contributed by atoms with Crippen molar-refractivity contribution in [2.75, 3.05) is 13.1 Å². The Morgan fingerprint density at radius 2 is 2.11 bits per heavy atom. The highest BCUT2D eigenvalue weighted by molar-refractivity contribution is 7.11. The van der Waals surface area contributed by atoms with Gasteiger partial charge in [-0.2, -0.15) is 5.10 Å². The van der Waals surface area contributed by atoms with E-state index in [-0.39, 0.29) is 5.91 Å². The van der Waals surface area contributed by atoms with Crippen LogP contribution in [-0.2, 0) is 13.1 Å². The summed E-state index contributed by atoms with van der Waals surface area (Å²) in [5, 5.41) is 13.2. The molecule has 8 nitrogen and oxygen atoms in total. The number of likely N-dealkylation sites (tertiary alicyclic amines) is 1. The van der Waals surface area contributed by atoms with Gasteiger partial charge in [0.1, 0.15) is 17.2 Å². The van der Waals surface area contributed by atoms with Gasteiger partial charge in [-0.15, -0.1) is 21.5 Å². The molecule has 3 aromatic rings. The predicted molar refractivity (Wildman–Crippen MR) is 102 cm³/mol. The Balaban J connectivity index is 1.44. The molecule has 27 heavy (non-hydrogen) atoms. The fourth-order valence-electron chi connectivity index (χ4n) is 3.64. The van der Waals surface area contributed by atoms with Crippen LogP contribution in [0.4, 0.5) is 0 Å². The Morgan fingerprint density at radius 3 is 2.74 bits per heavy atom. The standard InChI is InChI=1S/C18H23N7OS/c1-3-25-15(11-24-8-4-7-20-24)21-22-17(25)14-5-9-23(10-6-14)18(26)16-13(2)19-12-27-16/h4,7-8,12,14H,3,5-6,9-11H2,1-2H3. The number of aromatic nitrogens is 6. The number of hydrogen-bond acceptors (Lipinski definition) is 6. The van der Waals surface area contributed by atoms with Crippen molar-refractivity contribution in [1.82, 2.24) is 34.4 Å². The fraction of sp³-hybridized carbons (Fsp3) is 0.500. The average molecular weight is 385 g/mol.